The van der Waals surface area contributed by atoms with Crippen LogP contribution < -0.4 is 5.32 Å². The van der Waals surface area contributed by atoms with Gasteiger partial charge in [-0.1, -0.05) is 78.9 Å². The van der Waals surface area contributed by atoms with E-state index in [1.165, 1.54) is 11.1 Å². The number of anilines is 2. The Bertz CT molecular complexity index is 1290. The first kappa shape index (κ1) is 18.1. The third-order valence-electron chi connectivity index (χ3n) is 5.30. The largest absolute Gasteiger partial charge is 0.356 e. The molecule has 0 aliphatic rings. The van der Waals surface area contributed by atoms with Gasteiger partial charge in [-0.2, -0.15) is 0 Å². The van der Waals surface area contributed by atoms with Crippen LogP contribution in [0.3, 0.4) is 0 Å². The van der Waals surface area contributed by atoms with Crippen LogP contribution in [0.5, 0.6) is 0 Å². The summed E-state index contributed by atoms with van der Waals surface area (Å²) < 4.78 is 14.1. The average Bonchev–Trinajstić information content (AvgIpc) is 2.80. The minimum absolute atomic E-state index is 0.218. The Kier molecular flexibility index (Phi) is 4.74. The van der Waals surface area contributed by atoms with Crippen molar-refractivity contribution in [2.45, 2.75) is 0 Å². The second-order valence-electron chi connectivity index (χ2n) is 7.32. The molecule has 0 aliphatic heterocycles. The molecule has 5 aromatic rings. The van der Waals surface area contributed by atoms with E-state index >= 15 is 0 Å². The summed E-state index contributed by atoms with van der Waals surface area (Å²) in [6.07, 6.45) is 0. The summed E-state index contributed by atoms with van der Waals surface area (Å²) in [5, 5.41) is 5.40. The molecule has 5 aromatic carbocycles. The Labute approximate surface area is 175 Å². The molecule has 0 aromatic heterocycles. The lowest BCUT2D eigenvalue weighted by Crippen LogP contribution is -1.91. The number of fused-ring (bicyclic) bond motifs is 1. The highest BCUT2D eigenvalue weighted by Crippen LogP contribution is 2.31. The molecule has 0 saturated carbocycles. The highest BCUT2D eigenvalue weighted by atomic mass is 19.1. The predicted octanol–water partition coefficient (Wildman–Crippen LogP) is 8.06. The Hall–Kier alpha value is -3.91. The third-order valence-corrected chi connectivity index (χ3v) is 5.30. The van der Waals surface area contributed by atoms with Crippen molar-refractivity contribution in [1.29, 1.82) is 0 Å². The van der Waals surface area contributed by atoms with Gasteiger partial charge in [-0.25, -0.2) is 4.39 Å². The minimum Gasteiger partial charge on any atom is -0.356 e. The van der Waals surface area contributed by atoms with Gasteiger partial charge < -0.3 is 5.32 Å². The van der Waals surface area contributed by atoms with E-state index in [2.05, 4.69) is 41.7 Å². The summed E-state index contributed by atoms with van der Waals surface area (Å²) in [6, 6.07) is 37.9. The van der Waals surface area contributed by atoms with Crippen molar-refractivity contribution in [3.63, 3.8) is 0 Å². The Morgan fingerprint density at radius 1 is 0.500 bits per heavy atom. The molecule has 5 rings (SSSR count). The Balaban J connectivity index is 1.39. The molecule has 0 bridgehead atoms. The SMILES string of the molecule is Fc1cc(-c2ccc(Nc3ccc(-c4ccccc4)cc3)cc2)c2ccccc2c1. The lowest BCUT2D eigenvalue weighted by atomic mass is 9.98. The van der Waals surface area contributed by atoms with Crippen molar-refractivity contribution in [3.05, 3.63) is 121 Å². The lowest BCUT2D eigenvalue weighted by molar-refractivity contribution is 0.630. The molecule has 1 nitrogen and oxygen atoms in total. The van der Waals surface area contributed by atoms with Crippen molar-refractivity contribution in [1.82, 2.24) is 0 Å². The van der Waals surface area contributed by atoms with Crippen LogP contribution in [0.2, 0.25) is 0 Å². The second-order valence-corrected chi connectivity index (χ2v) is 7.32. The highest BCUT2D eigenvalue weighted by Gasteiger charge is 2.07. The van der Waals surface area contributed by atoms with E-state index in [-0.39, 0.29) is 5.82 Å². The fourth-order valence-corrected chi connectivity index (χ4v) is 3.79. The van der Waals surface area contributed by atoms with Gasteiger partial charge in [0.05, 0.1) is 0 Å². The van der Waals surface area contributed by atoms with Crippen LogP contribution in [-0.4, -0.2) is 0 Å². The van der Waals surface area contributed by atoms with Crippen molar-refractivity contribution in [3.8, 4) is 22.3 Å². The Morgan fingerprint density at radius 3 is 1.77 bits per heavy atom. The standard InChI is InChI=1S/C28H20FN/c29-24-18-23-8-4-5-9-27(23)28(19-24)22-12-16-26(17-13-22)30-25-14-10-21(11-15-25)20-6-2-1-3-7-20/h1-19,30H. The quantitative estimate of drug-likeness (QED) is 0.328. The molecule has 0 aliphatic carbocycles. The molecular weight excluding hydrogens is 369 g/mol. The zero-order valence-corrected chi connectivity index (χ0v) is 16.3. The van der Waals surface area contributed by atoms with E-state index < -0.39 is 0 Å². The lowest BCUT2D eigenvalue weighted by Gasteiger charge is -2.11. The zero-order chi connectivity index (χ0) is 20.3. The maximum atomic E-state index is 14.1. The molecule has 0 radical (unpaired) electrons. The molecule has 144 valence electrons. The fraction of sp³-hybridized carbons (Fsp3) is 0. The molecule has 2 heteroatoms. The van der Waals surface area contributed by atoms with Crippen LogP contribution in [0.4, 0.5) is 15.8 Å². The van der Waals surface area contributed by atoms with Gasteiger partial charge in [0.15, 0.2) is 0 Å². The topological polar surface area (TPSA) is 12.0 Å². The molecule has 0 atom stereocenters. The molecule has 30 heavy (non-hydrogen) atoms. The molecular formula is C28H20FN. The average molecular weight is 389 g/mol. The number of nitrogens with one attached hydrogen (secondary N) is 1. The number of hydrogen-bond acceptors (Lipinski definition) is 1. The van der Waals surface area contributed by atoms with E-state index in [4.69, 9.17) is 0 Å². The predicted molar refractivity (Wildman–Crippen MR) is 125 cm³/mol. The highest BCUT2D eigenvalue weighted by molar-refractivity contribution is 5.96. The number of benzene rings is 5. The van der Waals surface area contributed by atoms with Crippen LogP contribution in [-0.2, 0) is 0 Å². The van der Waals surface area contributed by atoms with Crippen molar-refractivity contribution >= 4 is 22.1 Å². The summed E-state index contributed by atoms with van der Waals surface area (Å²) in [7, 11) is 0. The van der Waals surface area contributed by atoms with Crippen molar-refractivity contribution < 1.29 is 4.39 Å². The normalized spacial score (nSPS) is 10.8. The van der Waals surface area contributed by atoms with E-state index in [0.29, 0.717) is 0 Å². The van der Waals surface area contributed by atoms with E-state index in [9.17, 15) is 4.39 Å². The van der Waals surface area contributed by atoms with Gasteiger partial charge in [-0.15, -0.1) is 0 Å². The summed E-state index contributed by atoms with van der Waals surface area (Å²) in [5.74, 6) is -0.218. The van der Waals surface area contributed by atoms with Crippen LogP contribution in [0.25, 0.3) is 33.0 Å². The minimum atomic E-state index is -0.218. The molecule has 0 amide bonds. The van der Waals surface area contributed by atoms with Crippen molar-refractivity contribution in [2.24, 2.45) is 0 Å². The van der Waals surface area contributed by atoms with Crippen LogP contribution >= 0.6 is 0 Å². The van der Waals surface area contributed by atoms with Gasteiger partial charge in [0.2, 0.25) is 0 Å². The Morgan fingerprint density at radius 2 is 1.07 bits per heavy atom. The van der Waals surface area contributed by atoms with Gasteiger partial charge in [-0.3, -0.25) is 0 Å². The van der Waals surface area contributed by atoms with E-state index in [0.717, 1.165) is 33.3 Å². The van der Waals surface area contributed by atoms with Gasteiger partial charge in [0.1, 0.15) is 5.82 Å². The molecule has 0 saturated heterocycles. The third kappa shape index (κ3) is 3.68. The summed E-state index contributed by atoms with van der Waals surface area (Å²) in [4.78, 5) is 0. The van der Waals surface area contributed by atoms with Gasteiger partial charge in [-0.05, 0) is 69.4 Å². The van der Waals surface area contributed by atoms with E-state index in [1.54, 1.807) is 12.1 Å². The van der Waals surface area contributed by atoms with Crippen molar-refractivity contribution in [2.75, 3.05) is 5.32 Å². The first-order chi connectivity index (χ1) is 14.8. The second kappa shape index (κ2) is 7.84. The number of hydrogen-bond donors (Lipinski definition) is 1. The first-order valence-electron chi connectivity index (χ1n) is 9.97. The monoisotopic (exact) mass is 389 g/mol. The first-order valence-corrected chi connectivity index (χ1v) is 9.97. The van der Waals surface area contributed by atoms with Crippen LogP contribution in [0.1, 0.15) is 0 Å². The summed E-state index contributed by atoms with van der Waals surface area (Å²) in [6.45, 7) is 0. The van der Waals surface area contributed by atoms with Gasteiger partial charge >= 0.3 is 0 Å². The fourth-order valence-electron chi connectivity index (χ4n) is 3.79. The smallest absolute Gasteiger partial charge is 0.124 e. The molecule has 1 N–H and O–H groups in total. The molecule has 0 unspecified atom stereocenters. The van der Waals surface area contributed by atoms with E-state index in [1.807, 2.05) is 66.7 Å². The maximum absolute atomic E-state index is 14.1. The maximum Gasteiger partial charge on any atom is 0.124 e. The van der Waals surface area contributed by atoms with Crippen LogP contribution in [0.15, 0.2) is 115 Å². The number of rotatable bonds is 4. The van der Waals surface area contributed by atoms with Crippen LogP contribution in [0, 0.1) is 5.82 Å². The molecule has 0 fully saturated rings. The summed E-state index contributed by atoms with van der Waals surface area (Å²) in [5.41, 5.74) is 6.32. The van der Waals surface area contributed by atoms with Gasteiger partial charge in [0.25, 0.3) is 0 Å². The number of halogens is 1. The van der Waals surface area contributed by atoms with Gasteiger partial charge in [0, 0.05) is 11.4 Å². The zero-order valence-electron chi connectivity index (χ0n) is 16.3. The summed E-state index contributed by atoms with van der Waals surface area (Å²) >= 11 is 0. The molecule has 0 spiro atoms. The molecule has 0 heterocycles.